The summed E-state index contributed by atoms with van der Waals surface area (Å²) in [5, 5.41) is 3.47. The molecule has 2 aromatic carbocycles. The van der Waals surface area contributed by atoms with Crippen molar-refractivity contribution in [2.24, 2.45) is 0 Å². The fraction of sp³-hybridized carbons (Fsp3) is 0.118. The first-order valence-corrected chi connectivity index (χ1v) is 6.89. The van der Waals surface area contributed by atoms with Crippen molar-refractivity contribution in [3.63, 3.8) is 0 Å². The van der Waals surface area contributed by atoms with Crippen molar-refractivity contribution in [2.75, 3.05) is 7.11 Å². The van der Waals surface area contributed by atoms with E-state index in [4.69, 9.17) is 16.3 Å². The van der Waals surface area contributed by atoms with Gasteiger partial charge < -0.3 is 10.1 Å². The third-order valence-corrected chi connectivity index (χ3v) is 3.11. The van der Waals surface area contributed by atoms with Crippen LogP contribution in [0.1, 0.15) is 11.1 Å². The lowest BCUT2D eigenvalue weighted by atomic mass is 10.2. The Kier molecular flexibility index (Phi) is 5.41. The summed E-state index contributed by atoms with van der Waals surface area (Å²) in [5.41, 5.74) is 1.87. The fourth-order valence-corrected chi connectivity index (χ4v) is 2.01. The van der Waals surface area contributed by atoms with Gasteiger partial charge in [-0.25, -0.2) is 0 Å². The second kappa shape index (κ2) is 7.50. The molecule has 0 aliphatic rings. The van der Waals surface area contributed by atoms with Crippen LogP contribution >= 0.6 is 11.6 Å². The van der Waals surface area contributed by atoms with E-state index in [0.29, 0.717) is 11.6 Å². The van der Waals surface area contributed by atoms with Gasteiger partial charge in [0.05, 0.1) is 7.11 Å². The molecule has 0 saturated heterocycles. The second-order valence-corrected chi connectivity index (χ2v) is 4.89. The number of halogens is 1. The molecular weight excluding hydrogens is 286 g/mol. The summed E-state index contributed by atoms with van der Waals surface area (Å²) in [7, 11) is 1.62. The van der Waals surface area contributed by atoms with Crippen LogP contribution in [0.25, 0.3) is 6.08 Å². The lowest BCUT2D eigenvalue weighted by molar-refractivity contribution is -0.116. The molecule has 0 unspecified atom stereocenters. The van der Waals surface area contributed by atoms with Gasteiger partial charge in [0.1, 0.15) is 5.75 Å². The molecule has 1 amide bonds. The average molecular weight is 302 g/mol. The molecule has 0 heterocycles. The van der Waals surface area contributed by atoms with E-state index in [1.807, 2.05) is 36.4 Å². The van der Waals surface area contributed by atoms with Gasteiger partial charge in [0.25, 0.3) is 0 Å². The lowest BCUT2D eigenvalue weighted by Gasteiger charge is -2.05. The van der Waals surface area contributed by atoms with E-state index < -0.39 is 0 Å². The van der Waals surface area contributed by atoms with Gasteiger partial charge in [0.2, 0.25) is 5.91 Å². The number of methoxy groups -OCH3 is 1. The summed E-state index contributed by atoms with van der Waals surface area (Å²) in [6, 6.07) is 14.9. The number of rotatable bonds is 5. The van der Waals surface area contributed by atoms with Crippen molar-refractivity contribution in [2.45, 2.75) is 6.54 Å². The Bertz CT molecular complexity index is 653. The highest BCUT2D eigenvalue weighted by Gasteiger charge is 1.99. The van der Waals surface area contributed by atoms with Gasteiger partial charge in [-0.3, -0.25) is 4.79 Å². The van der Waals surface area contributed by atoms with E-state index in [0.717, 1.165) is 16.9 Å². The monoisotopic (exact) mass is 301 g/mol. The number of benzene rings is 2. The molecule has 0 atom stereocenters. The molecule has 0 bridgehead atoms. The van der Waals surface area contributed by atoms with E-state index in [1.165, 1.54) is 6.08 Å². The zero-order chi connectivity index (χ0) is 15.1. The Morgan fingerprint density at radius 3 is 2.81 bits per heavy atom. The fourth-order valence-electron chi connectivity index (χ4n) is 1.81. The van der Waals surface area contributed by atoms with Crippen molar-refractivity contribution in [1.29, 1.82) is 0 Å². The summed E-state index contributed by atoms with van der Waals surface area (Å²) in [5.74, 6) is 0.619. The number of amides is 1. The number of hydrogen-bond donors (Lipinski definition) is 1. The van der Waals surface area contributed by atoms with Crippen molar-refractivity contribution >= 4 is 23.6 Å². The van der Waals surface area contributed by atoms with E-state index in [-0.39, 0.29) is 5.91 Å². The maximum absolute atomic E-state index is 11.8. The molecule has 0 saturated carbocycles. The van der Waals surface area contributed by atoms with Gasteiger partial charge in [-0.2, -0.15) is 0 Å². The number of nitrogens with one attached hydrogen (secondary N) is 1. The minimum Gasteiger partial charge on any atom is -0.497 e. The topological polar surface area (TPSA) is 38.3 Å². The first-order chi connectivity index (χ1) is 10.2. The molecule has 0 aliphatic carbocycles. The van der Waals surface area contributed by atoms with Crippen molar-refractivity contribution in [3.8, 4) is 5.75 Å². The zero-order valence-electron chi connectivity index (χ0n) is 11.7. The number of hydrogen-bond acceptors (Lipinski definition) is 2. The quantitative estimate of drug-likeness (QED) is 0.856. The van der Waals surface area contributed by atoms with Crippen molar-refractivity contribution in [1.82, 2.24) is 5.32 Å². The summed E-state index contributed by atoms with van der Waals surface area (Å²) >= 11 is 5.88. The van der Waals surface area contributed by atoms with Crippen LogP contribution in [-0.2, 0) is 11.3 Å². The summed E-state index contributed by atoms with van der Waals surface area (Å²) in [6.45, 7) is 0.454. The molecule has 0 spiro atoms. The summed E-state index contributed by atoms with van der Waals surface area (Å²) in [4.78, 5) is 11.8. The van der Waals surface area contributed by atoms with Crippen LogP contribution in [0, 0.1) is 0 Å². The van der Waals surface area contributed by atoms with Crippen LogP contribution in [0.2, 0.25) is 5.02 Å². The van der Waals surface area contributed by atoms with Crippen molar-refractivity contribution in [3.05, 3.63) is 70.8 Å². The van der Waals surface area contributed by atoms with Gasteiger partial charge in [0, 0.05) is 17.6 Å². The Morgan fingerprint density at radius 1 is 1.24 bits per heavy atom. The van der Waals surface area contributed by atoms with E-state index >= 15 is 0 Å². The molecule has 4 heteroatoms. The van der Waals surface area contributed by atoms with Gasteiger partial charge in [-0.1, -0.05) is 35.9 Å². The van der Waals surface area contributed by atoms with Crippen LogP contribution in [0.3, 0.4) is 0 Å². The molecule has 0 aliphatic heterocycles. The number of carbonyl (C=O) groups excluding carboxylic acids is 1. The molecule has 0 aromatic heterocycles. The van der Waals surface area contributed by atoms with Gasteiger partial charge in [0.15, 0.2) is 0 Å². The molecule has 1 N–H and O–H groups in total. The highest BCUT2D eigenvalue weighted by Crippen LogP contribution is 2.13. The molecule has 21 heavy (non-hydrogen) atoms. The molecule has 2 rings (SSSR count). The summed E-state index contributed by atoms with van der Waals surface area (Å²) in [6.07, 6.45) is 3.22. The van der Waals surface area contributed by atoms with E-state index in [1.54, 1.807) is 25.3 Å². The maximum Gasteiger partial charge on any atom is 0.244 e. The SMILES string of the molecule is COc1cccc(CNC(=O)/C=C/c2cccc(Cl)c2)c1. The van der Waals surface area contributed by atoms with Crippen LogP contribution in [0.5, 0.6) is 5.75 Å². The Hall–Kier alpha value is -2.26. The molecule has 0 fully saturated rings. The average Bonchev–Trinajstić information content (AvgIpc) is 2.51. The number of carbonyl (C=O) groups is 1. The van der Waals surface area contributed by atoms with Crippen LogP contribution < -0.4 is 10.1 Å². The molecule has 108 valence electrons. The molecule has 0 radical (unpaired) electrons. The Labute approximate surface area is 129 Å². The largest absolute Gasteiger partial charge is 0.497 e. The highest BCUT2D eigenvalue weighted by molar-refractivity contribution is 6.30. The standard InChI is InChI=1S/C17H16ClNO2/c1-21-16-7-3-5-14(11-16)12-19-17(20)9-8-13-4-2-6-15(18)10-13/h2-11H,12H2,1H3,(H,19,20)/b9-8+. The first-order valence-electron chi connectivity index (χ1n) is 6.52. The van der Waals surface area contributed by atoms with Crippen molar-refractivity contribution < 1.29 is 9.53 Å². The normalized spacial score (nSPS) is 10.6. The summed E-state index contributed by atoms with van der Waals surface area (Å²) < 4.78 is 5.14. The highest BCUT2D eigenvalue weighted by atomic mass is 35.5. The van der Waals surface area contributed by atoms with Gasteiger partial charge in [-0.15, -0.1) is 0 Å². The maximum atomic E-state index is 11.8. The number of ether oxygens (including phenoxy) is 1. The predicted octanol–water partition coefficient (Wildman–Crippen LogP) is 3.68. The Morgan fingerprint density at radius 2 is 2.05 bits per heavy atom. The van der Waals surface area contributed by atoms with Crippen LogP contribution in [-0.4, -0.2) is 13.0 Å². The third kappa shape index (κ3) is 4.97. The van der Waals surface area contributed by atoms with Crippen LogP contribution in [0.4, 0.5) is 0 Å². The van der Waals surface area contributed by atoms with E-state index in [2.05, 4.69) is 5.32 Å². The minimum absolute atomic E-state index is 0.155. The van der Waals surface area contributed by atoms with E-state index in [9.17, 15) is 4.79 Å². The first kappa shape index (κ1) is 15.1. The van der Waals surface area contributed by atoms with Crippen LogP contribution in [0.15, 0.2) is 54.6 Å². The third-order valence-electron chi connectivity index (χ3n) is 2.88. The molecular formula is C17H16ClNO2. The van der Waals surface area contributed by atoms with Gasteiger partial charge in [-0.05, 0) is 41.5 Å². The minimum atomic E-state index is -0.155. The molecule has 2 aromatic rings. The zero-order valence-corrected chi connectivity index (χ0v) is 12.4. The lowest BCUT2D eigenvalue weighted by Crippen LogP contribution is -2.20. The second-order valence-electron chi connectivity index (χ2n) is 4.46. The predicted molar refractivity (Wildman–Crippen MR) is 85.3 cm³/mol. The Balaban J connectivity index is 1.90. The smallest absolute Gasteiger partial charge is 0.244 e. The van der Waals surface area contributed by atoms with Gasteiger partial charge >= 0.3 is 0 Å². The molecule has 3 nitrogen and oxygen atoms in total.